The van der Waals surface area contributed by atoms with E-state index in [1.165, 1.54) is 0 Å². The SMILES string of the molecule is Nc1ccc(Cl)nc1N1CC(O)C(O)C1. The van der Waals surface area contributed by atoms with Gasteiger partial charge in [0.2, 0.25) is 0 Å². The maximum atomic E-state index is 9.40. The lowest BCUT2D eigenvalue weighted by molar-refractivity contribution is 0.0572. The van der Waals surface area contributed by atoms with Crippen LogP contribution in [0.1, 0.15) is 0 Å². The average Bonchev–Trinajstić information content (AvgIpc) is 2.51. The van der Waals surface area contributed by atoms with Crippen molar-refractivity contribution >= 4 is 23.1 Å². The number of β-amino-alcohol motifs (C(OH)–C–C–N with tert-alkyl or cyclic N) is 2. The largest absolute Gasteiger partial charge is 0.396 e. The number of pyridine rings is 1. The van der Waals surface area contributed by atoms with Gasteiger partial charge < -0.3 is 20.8 Å². The smallest absolute Gasteiger partial charge is 0.153 e. The predicted octanol–water partition coefficient (Wildman–Crippen LogP) is -0.141. The van der Waals surface area contributed by atoms with Crippen molar-refractivity contribution in [2.75, 3.05) is 23.7 Å². The van der Waals surface area contributed by atoms with E-state index in [1.54, 1.807) is 17.0 Å². The van der Waals surface area contributed by atoms with Gasteiger partial charge in [0.15, 0.2) is 5.82 Å². The molecule has 0 radical (unpaired) electrons. The van der Waals surface area contributed by atoms with Crippen molar-refractivity contribution in [1.82, 2.24) is 4.98 Å². The standard InChI is InChI=1S/C9H12ClN3O2/c10-8-2-1-5(11)9(12-8)13-3-6(14)7(15)4-13/h1-2,6-7,14-15H,3-4,11H2. The Kier molecular flexibility index (Phi) is 2.68. The first-order chi connectivity index (χ1) is 7.08. The molecule has 1 aromatic heterocycles. The summed E-state index contributed by atoms with van der Waals surface area (Å²) in [6.45, 7) is 0.636. The zero-order valence-electron chi connectivity index (χ0n) is 7.97. The van der Waals surface area contributed by atoms with E-state index < -0.39 is 12.2 Å². The summed E-state index contributed by atoms with van der Waals surface area (Å²) in [6, 6.07) is 3.26. The van der Waals surface area contributed by atoms with Crippen LogP contribution in [-0.4, -0.2) is 40.5 Å². The number of nitrogens with zero attached hydrogens (tertiary/aromatic N) is 2. The van der Waals surface area contributed by atoms with Gasteiger partial charge >= 0.3 is 0 Å². The number of halogens is 1. The van der Waals surface area contributed by atoms with Crippen LogP contribution in [0, 0.1) is 0 Å². The maximum absolute atomic E-state index is 9.40. The van der Waals surface area contributed by atoms with E-state index in [9.17, 15) is 10.2 Å². The first-order valence-corrected chi connectivity index (χ1v) is 4.99. The minimum atomic E-state index is -0.759. The molecule has 1 aliphatic heterocycles. The van der Waals surface area contributed by atoms with Crippen LogP contribution in [0.5, 0.6) is 0 Å². The van der Waals surface area contributed by atoms with E-state index in [0.29, 0.717) is 29.7 Å². The van der Waals surface area contributed by atoms with Crippen LogP contribution in [0.4, 0.5) is 11.5 Å². The van der Waals surface area contributed by atoms with E-state index in [-0.39, 0.29) is 0 Å². The maximum Gasteiger partial charge on any atom is 0.153 e. The number of nitrogen functional groups attached to an aromatic ring is 1. The fourth-order valence-corrected chi connectivity index (χ4v) is 1.77. The zero-order chi connectivity index (χ0) is 11.0. The van der Waals surface area contributed by atoms with Crippen molar-refractivity contribution in [2.45, 2.75) is 12.2 Å². The first-order valence-electron chi connectivity index (χ1n) is 4.61. The Morgan fingerprint density at radius 1 is 1.33 bits per heavy atom. The molecular weight excluding hydrogens is 218 g/mol. The van der Waals surface area contributed by atoms with Crippen molar-refractivity contribution < 1.29 is 10.2 Å². The van der Waals surface area contributed by atoms with E-state index in [4.69, 9.17) is 17.3 Å². The van der Waals surface area contributed by atoms with Crippen LogP contribution >= 0.6 is 11.6 Å². The van der Waals surface area contributed by atoms with Gasteiger partial charge in [0.05, 0.1) is 17.9 Å². The molecule has 82 valence electrons. The molecule has 0 aliphatic carbocycles. The highest BCUT2D eigenvalue weighted by molar-refractivity contribution is 6.29. The van der Waals surface area contributed by atoms with Crippen molar-refractivity contribution in [1.29, 1.82) is 0 Å². The van der Waals surface area contributed by atoms with Crippen LogP contribution in [0.2, 0.25) is 5.15 Å². The highest BCUT2D eigenvalue weighted by Crippen LogP contribution is 2.26. The summed E-state index contributed by atoms with van der Waals surface area (Å²) in [5.74, 6) is 0.512. The van der Waals surface area contributed by atoms with Crippen LogP contribution < -0.4 is 10.6 Å². The quantitative estimate of drug-likeness (QED) is 0.584. The van der Waals surface area contributed by atoms with E-state index in [0.717, 1.165) is 0 Å². The van der Waals surface area contributed by atoms with E-state index >= 15 is 0 Å². The van der Waals surface area contributed by atoms with Crippen LogP contribution in [0.15, 0.2) is 12.1 Å². The fraction of sp³-hybridized carbons (Fsp3) is 0.444. The van der Waals surface area contributed by atoms with Crippen LogP contribution in [0.25, 0.3) is 0 Å². The molecule has 2 heterocycles. The summed E-state index contributed by atoms with van der Waals surface area (Å²) < 4.78 is 0. The number of rotatable bonds is 1. The van der Waals surface area contributed by atoms with Gasteiger partial charge in [0.25, 0.3) is 0 Å². The van der Waals surface area contributed by atoms with Gasteiger partial charge in [-0.15, -0.1) is 0 Å². The van der Waals surface area contributed by atoms with Crippen LogP contribution in [0.3, 0.4) is 0 Å². The molecule has 0 aromatic carbocycles. The zero-order valence-corrected chi connectivity index (χ0v) is 8.72. The Balaban J connectivity index is 2.27. The van der Waals surface area contributed by atoms with Crippen LogP contribution in [-0.2, 0) is 0 Å². The summed E-state index contributed by atoms with van der Waals surface area (Å²) >= 11 is 5.75. The summed E-state index contributed by atoms with van der Waals surface area (Å²) in [5, 5.41) is 19.1. The number of hydrogen-bond donors (Lipinski definition) is 3. The lowest BCUT2D eigenvalue weighted by Gasteiger charge is -2.18. The van der Waals surface area contributed by atoms with Gasteiger partial charge in [-0.1, -0.05) is 11.6 Å². The number of nitrogens with two attached hydrogens (primary N) is 1. The Labute approximate surface area is 92.1 Å². The summed E-state index contributed by atoms with van der Waals surface area (Å²) in [4.78, 5) is 5.79. The molecule has 0 amide bonds. The fourth-order valence-electron chi connectivity index (χ4n) is 1.63. The number of aliphatic hydroxyl groups is 2. The normalized spacial score (nSPS) is 25.9. The Morgan fingerprint density at radius 3 is 2.53 bits per heavy atom. The Morgan fingerprint density at radius 2 is 1.93 bits per heavy atom. The van der Waals surface area contributed by atoms with Crippen molar-refractivity contribution in [2.24, 2.45) is 0 Å². The average molecular weight is 230 g/mol. The molecule has 0 spiro atoms. The molecule has 0 bridgehead atoms. The summed E-state index contributed by atoms with van der Waals surface area (Å²) in [6.07, 6.45) is -1.52. The molecule has 0 saturated carbocycles. The van der Waals surface area contributed by atoms with Gasteiger partial charge in [0.1, 0.15) is 5.15 Å². The third kappa shape index (κ3) is 1.99. The molecule has 5 nitrogen and oxygen atoms in total. The molecule has 2 unspecified atom stereocenters. The number of hydrogen-bond acceptors (Lipinski definition) is 5. The third-order valence-electron chi connectivity index (χ3n) is 2.43. The molecule has 6 heteroatoms. The van der Waals surface area contributed by atoms with Crippen molar-refractivity contribution in [3.05, 3.63) is 17.3 Å². The second kappa shape index (κ2) is 3.84. The Hall–Kier alpha value is -1.04. The van der Waals surface area contributed by atoms with Gasteiger partial charge in [-0.3, -0.25) is 0 Å². The van der Waals surface area contributed by atoms with Gasteiger partial charge in [0, 0.05) is 13.1 Å². The lowest BCUT2D eigenvalue weighted by Crippen LogP contribution is -2.23. The van der Waals surface area contributed by atoms with Gasteiger partial charge in [-0.25, -0.2) is 4.98 Å². The Bertz CT molecular complexity index is 364. The molecule has 1 saturated heterocycles. The molecule has 2 rings (SSSR count). The minimum Gasteiger partial charge on any atom is -0.396 e. The monoisotopic (exact) mass is 229 g/mol. The molecule has 1 aromatic rings. The number of anilines is 2. The van der Waals surface area contributed by atoms with Crippen molar-refractivity contribution in [3.63, 3.8) is 0 Å². The number of aliphatic hydroxyl groups excluding tert-OH is 2. The second-order valence-electron chi connectivity index (χ2n) is 3.59. The van der Waals surface area contributed by atoms with Gasteiger partial charge in [-0.2, -0.15) is 0 Å². The topological polar surface area (TPSA) is 82.6 Å². The molecule has 1 fully saturated rings. The first kappa shape index (κ1) is 10.5. The summed E-state index contributed by atoms with van der Waals surface area (Å²) in [7, 11) is 0. The molecule has 2 atom stereocenters. The second-order valence-corrected chi connectivity index (χ2v) is 3.97. The van der Waals surface area contributed by atoms with E-state index in [1.807, 2.05) is 0 Å². The third-order valence-corrected chi connectivity index (χ3v) is 2.64. The molecular formula is C9H12ClN3O2. The highest BCUT2D eigenvalue weighted by Gasteiger charge is 2.31. The highest BCUT2D eigenvalue weighted by atomic mass is 35.5. The number of aromatic nitrogens is 1. The molecule has 4 N–H and O–H groups in total. The lowest BCUT2D eigenvalue weighted by atomic mass is 10.3. The van der Waals surface area contributed by atoms with E-state index in [2.05, 4.69) is 4.98 Å². The predicted molar refractivity (Wildman–Crippen MR) is 57.9 cm³/mol. The molecule has 1 aliphatic rings. The molecule has 15 heavy (non-hydrogen) atoms. The minimum absolute atomic E-state index is 0.318. The van der Waals surface area contributed by atoms with Crippen molar-refractivity contribution in [3.8, 4) is 0 Å². The summed E-state index contributed by atoms with van der Waals surface area (Å²) in [5.41, 5.74) is 6.22. The van der Waals surface area contributed by atoms with Gasteiger partial charge in [-0.05, 0) is 12.1 Å².